The van der Waals surface area contributed by atoms with E-state index in [1.165, 1.54) is 83.5 Å². The van der Waals surface area contributed by atoms with Crippen molar-refractivity contribution in [1.82, 2.24) is 0 Å². The Morgan fingerprint density at radius 2 is 1.30 bits per heavy atom. The van der Waals surface area contributed by atoms with E-state index in [0.717, 1.165) is 50.4 Å². The quantitative estimate of drug-likeness (QED) is 0.202. The minimum Gasteiger partial charge on any atom is -0.372 e. The van der Waals surface area contributed by atoms with Crippen LogP contribution in [0.15, 0.2) is 0 Å². The summed E-state index contributed by atoms with van der Waals surface area (Å²) in [5.41, 5.74) is 0. The second-order valence-corrected chi connectivity index (χ2v) is 8.98. The first-order valence-corrected chi connectivity index (χ1v) is 12.2. The molecule has 0 aromatic carbocycles. The molecular weight excluding hydrogens is 334 g/mol. The van der Waals surface area contributed by atoms with Crippen LogP contribution < -0.4 is 0 Å². The van der Waals surface area contributed by atoms with Gasteiger partial charge in [0.15, 0.2) is 0 Å². The highest BCUT2D eigenvalue weighted by Crippen LogP contribution is 2.15. The van der Waals surface area contributed by atoms with Crippen molar-refractivity contribution in [3.8, 4) is 0 Å². The zero-order chi connectivity index (χ0) is 19.6. The van der Waals surface area contributed by atoms with Gasteiger partial charge < -0.3 is 14.0 Å². The lowest BCUT2D eigenvalue weighted by atomic mass is 10.0. The normalized spacial score (nSPS) is 17.9. The lowest BCUT2D eigenvalue weighted by Crippen LogP contribution is -2.53. The number of hydrogen-bond donors (Lipinski definition) is 0. The Morgan fingerprint density at radius 3 is 1.81 bits per heavy atom. The van der Waals surface area contributed by atoms with Gasteiger partial charge in [0.1, 0.15) is 19.6 Å². The Kier molecular flexibility index (Phi) is 15.5. The maximum Gasteiger partial charge on any atom is 0.102 e. The molecule has 162 valence electrons. The van der Waals surface area contributed by atoms with Crippen LogP contribution >= 0.6 is 0 Å². The molecule has 0 bridgehead atoms. The average molecular weight is 385 g/mol. The van der Waals surface area contributed by atoms with Crippen molar-refractivity contribution in [1.29, 1.82) is 0 Å². The Balaban J connectivity index is 1.89. The standard InChI is InChI=1S/C24H50NO2/c1-4-6-7-8-9-10-11-12-13-14-15-16-17-24(5-2)27-23-20-25(3)18-21-26-22-19-25/h24H,4-23H2,1-3H3/q+1. The molecule has 1 aliphatic heterocycles. The molecule has 0 N–H and O–H groups in total. The molecule has 3 heteroatoms. The molecule has 1 atom stereocenters. The van der Waals surface area contributed by atoms with E-state index in [1.807, 2.05) is 0 Å². The van der Waals surface area contributed by atoms with Gasteiger partial charge in [0, 0.05) is 0 Å². The predicted octanol–water partition coefficient (Wildman–Crippen LogP) is 6.35. The van der Waals surface area contributed by atoms with Crippen LogP contribution in [0.5, 0.6) is 0 Å². The summed E-state index contributed by atoms with van der Waals surface area (Å²) in [4.78, 5) is 0. The van der Waals surface area contributed by atoms with Gasteiger partial charge in [-0.05, 0) is 12.8 Å². The summed E-state index contributed by atoms with van der Waals surface area (Å²) in [6.07, 6.45) is 20.0. The van der Waals surface area contributed by atoms with E-state index < -0.39 is 0 Å². The maximum absolute atomic E-state index is 6.20. The molecular formula is C24H50NO2+. The van der Waals surface area contributed by atoms with E-state index in [4.69, 9.17) is 9.47 Å². The van der Waals surface area contributed by atoms with Crippen LogP contribution in [0.1, 0.15) is 104 Å². The van der Waals surface area contributed by atoms with E-state index in [0.29, 0.717) is 6.10 Å². The highest BCUT2D eigenvalue weighted by molar-refractivity contribution is 4.57. The SMILES string of the molecule is CCCCCCCCCCCCCCC(CC)OCC[N+]1(C)CCOCC1. The van der Waals surface area contributed by atoms with Crippen molar-refractivity contribution in [2.45, 2.75) is 110 Å². The second-order valence-electron chi connectivity index (χ2n) is 8.98. The fraction of sp³-hybridized carbons (Fsp3) is 1.00. The topological polar surface area (TPSA) is 18.5 Å². The Labute approximate surface area is 170 Å². The molecule has 0 aromatic rings. The number of unbranched alkanes of at least 4 members (excludes halogenated alkanes) is 11. The van der Waals surface area contributed by atoms with Gasteiger partial charge in [0.05, 0.1) is 33.0 Å². The van der Waals surface area contributed by atoms with Gasteiger partial charge in [-0.3, -0.25) is 0 Å². The molecule has 1 heterocycles. The van der Waals surface area contributed by atoms with Gasteiger partial charge in [0.2, 0.25) is 0 Å². The average Bonchev–Trinajstić information content (AvgIpc) is 2.68. The predicted molar refractivity (Wildman–Crippen MR) is 117 cm³/mol. The number of likely N-dealkylation sites (N-methyl/N-ethyl adjacent to an activating group) is 1. The van der Waals surface area contributed by atoms with Crippen LogP contribution in [0, 0.1) is 0 Å². The molecule has 0 aliphatic carbocycles. The van der Waals surface area contributed by atoms with E-state index >= 15 is 0 Å². The molecule has 1 fully saturated rings. The Morgan fingerprint density at radius 1 is 0.778 bits per heavy atom. The van der Waals surface area contributed by atoms with Crippen LogP contribution in [0.25, 0.3) is 0 Å². The summed E-state index contributed by atoms with van der Waals surface area (Å²) in [6.45, 7) is 10.7. The van der Waals surface area contributed by atoms with Crippen molar-refractivity contribution in [2.75, 3.05) is 46.5 Å². The van der Waals surface area contributed by atoms with Crippen molar-refractivity contribution in [3.63, 3.8) is 0 Å². The van der Waals surface area contributed by atoms with Crippen molar-refractivity contribution >= 4 is 0 Å². The summed E-state index contributed by atoms with van der Waals surface area (Å²) in [5, 5.41) is 0. The van der Waals surface area contributed by atoms with Crippen molar-refractivity contribution < 1.29 is 14.0 Å². The Bertz CT molecular complexity index is 316. The lowest BCUT2D eigenvalue weighted by molar-refractivity contribution is -0.917. The molecule has 3 nitrogen and oxygen atoms in total. The number of ether oxygens (including phenoxy) is 2. The van der Waals surface area contributed by atoms with Crippen LogP contribution in [0.2, 0.25) is 0 Å². The third kappa shape index (κ3) is 13.7. The van der Waals surface area contributed by atoms with E-state index in [9.17, 15) is 0 Å². The van der Waals surface area contributed by atoms with E-state index in [1.54, 1.807) is 0 Å². The van der Waals surface area contributed by atoms with Crippen molar-refractivity contribution in [2.24, 2.45) is 0 Å². The van der Waals surface area contributed by atoms with Crippen molar-refractivity contribution in [3.05, 3.63) is 0 Å². The molecule has 0 aromatic heterocycles. The first-order valence-electron chi connectivity index (χ1n) is 12.2. The summed E-state index contributed by atoms with van der Waals surface area (Å²) >= 11 is 0. The summed E-state index contributed by atoms with van der Waals surface area (Å²) in [7, 11) is 2.35. The van der Waals surface area contributed by atoms with Gasteiger partial charge in [-0.2, -0.15) is 0 Å². The Hall–Kier alpha value is -0.120. The third-order valence-electron chi connectivity index (χ3n) is 6.37. The maximum atomic E-state index is 6.20. The van der Waals surface area contributed by atoms with Gasteiger partial charge in [-0.15, -0.1) is 0 Å². The lowest BCUT2D eigenvalue weighted by Gasteiger charge is -2.37. The minimum atomic E-state index is 0.473. The first kappa shape index (κ1) is 24.9. The number of hydrogen-bond acceptors (Lipinski definition) is 2. The summed E-state index contributed by atoms with van der Waals surface area (Å²) in [5.74, 6) is 0. The fourth-order valence-electron chi connectivity index (χ4n) is 4.07. The highest BCUT2D eigenvalue weighted by Gasteiger charge is 2.25. The highest BCUT2D eigenvalue weighted by atomic mass is 16.5. The molecule has 0 amide bonds. The van der Waals surface area contributed by atoms with Gasteiger partial charge in [0.25, 0.3) is 0 Å². The molecule has 1 rings (SSSR count). The molecule has 0 spiro atoms. The molecule has 1 saturated heterocycles. The smallest absolute Gasteiger partial charge is 0.102 e. The minimum absolute atomic E-state index is 0.473. The van der Waals surface area contributed by atoms with Gasteiger partial charge in [-0.25, -0.2) is 0 Å². The van der Waals surface area contributed by atoms with Crippen LogP contribution in [0.4, 0.5) is 0 Å². The third-order valence-corrected chi connectivity index (χ3v) is 6.37. The molecule has 0 saturated carbocycles. The number of rotatable bonds is 18. The van der Waals surface area contributed by atoms with Gasteiger partial charge in [-0.1, -0.05) is 90.9 Å². The van der Waals surface area contributed by atoms with Gasteiger partial charge >= 0.3 is 0 Å². The molecule has 27 heavy (non-hydrogen) atoms. The van der Waals surface area contributed by atoms with Crippen LogP contribution in [-0.4, -0.2) is 57.1 Å². The summed E-state index contributed by atoms with van der Waals surface area (Å²) < 4.78 is 12.8. The van der Waals surface area contributed by atoms with E-state index in [2.05, 4.69) is 20.9 Å². The molecule has 0 radical (unpaired) electrons. The number of morpholine rings is 1. The second kappa shape index (κ2) is 16.8. The van der Waals surface area contributed by atoms with Crippen LogP contribution in [-0.2, 0) is 9.47 Å². The number of quaternary nitrogens is 1. The zero-order valence-corrected chi connectivity index (χ0v) is 19.0. The fourth-order valence-corrected chi connectivity index (χ4v) is 4.07. The van der Waals surface area contributed by atoms with E-state index in [-0.39, 0.29) is 0 Å². The van der Waals surface area contributed by atoms with Crippen LogP contribution in [0.3, 0.4) is 0 Å². The first-order chi connectivity index (χ1) is 13.2. The monoisotopic (exact) mass is 384 g/mol. The number of nitrogens with zero attached hydrogens (tertiary/aromatic N) is 1. The summed E-state index contributed by atoms with van der Waals surface area (Å²) in [6, 6.07) is 0. The zero-order valence-electron chi connectivity index (χ0n) is 19.0. The molecule has 1 unspecified atom stereocenters. The molecule has 1 aliphatic rings. The largest absolute Gasteiger partial charge is 0.372 e.